The summed E-state index contributed by atoms with van der Waals surface area (Å²) in [5.74, 6) is -0.943. The Kier molecular flexibility index (Phi) is 5.30. The molecule has 1 aliphatic heterocycles. The molecule has 0 unspecified atom stereocenters. The van der Waals surface area contributed by atoms with Gasteiger partial charge in [0.2, 0.25) is 0 Å². The molecular formula is C25H20FN3O3S. The third-order valence-corrected chi connectivity index (χ3v) is 6.52. The highest BCUT2D eigenvalue weighted by atomic mass is 32.1. The largest absolute Gasteiger partial charge is 0.463 e. The maximum Gasteiger partial charge on any atom is 0.338 e. The Morgan fingerprint density at radius 2 is 2.00 bits per heavy atom. The smallest absolute Gasteiger partial charge is 0.338 e. The van der Waals surface area contributed by atoms with Crippen molar-refractivity contribution >= 4 is 34.3 Å². The fourth-order valence-electron chi connectivity index (χ4n) is 4.07. The van der Waals surface area contributed by atoms with E-state index in [0.29, 0.717) is 20.6 Å². The van der Waals surface area contributed by atoms with Crippen LogP contribution in [0, 0.1) is 5.82 Å². The molecule has 3 heterocycles. The highest BCUT2D eigenvalue weighted by Gasteiger charge is 2.33. The molecule has 0 amide bonds. The van der Waals surface area contributed by atoms with Crippen molar-refractivity contribution in [2.24, 2.45) is 4.99 Å². The number of hydrogen-bond donors (Lipinski definition) is 1. The third-order valence-electron chi connectivity index (χ3n) is 5.54. The van der Waals surface area contributed by atoms with Crippen LogP contribution in [0.1, 0.15) is 31.1 Å². The predicted molar refractivity (Wildman–Crippen MR) is 125 cm³/mol. The first kappa shape index (κ1) is 21.1. The van der Waals surface area contributed by atoms with Crippen LogP contribution < -0.4 is 14.9 Å². The standard InChI is InChI=1S/C25H20FN3O3S/c1-3-32-24(31)21-14(2)27-25-29(22(21)15-8-10-17(26)11-9-15)23(30)20(33-25)13-18-12-16-6-4-5-7-19(16)28-18/h4-13,22,28H,3H2,1-2H3/b20-13-/t22-/m0/s1. The Labute approximate surface area is 192 Å². The van der Waals surface area contributed by atoms with Gasteiger partial charge in [-0.05, 0) is 55.1 Å². The number of ether oxygens (including phenoxy) is 1. The molecule has 1 aliphatic rings. The van der Waals surface area contributed by atoms with Crippen LogP contribution in [0.15, 0.2) is 75.7 Å². The maximum atomic E-state index is 13.6. The van der Waals surface area contributed by atoms with Crippen LogP contribution in [-0.4, -0.2) is 22.1 Å². The van der Waals surface area contributed by atoms with Crippen LogP contribution in [0.3, 0.4) is 0 Å². The number of hydrogen-bond acceptors (Lipinski definition) is 5. The number of allylic oxidation sites excluding steroid dienone is 1. The molecule has 2 aromatic heterocycles. The van der Waals surface area contributed by atoms with Crippen LogP contribution in [0.4, 0.5) is 4.39 Å². The molecule has 0 aliphatic carbocycles. The van der Waals surface area contributed by atoms with Gasteiger partial charge in [-0.15, -0.1) is 0 Å². The number of aromatic amines is 1. The van der Waals surface area contributed by atoms with Crippen molar-refractivity contribution in [2.45, 2.75) is 19.9 Å². The van der Waals surface area contributed by atoms with Gasteiger partial charge < -0.3 is 9.72 Å². The third kappa shape index (κ3) is 3.72. The van der Waals surface area contributed by atoms with Gasteiger partial charge in [0, 0.05) is 11.2 Å². The van der Waals surface area contributed by atoms with Crippen LogP contribution >= 0.6 is 11.3 Å². The molecular weight excluding hydrogens is 441 g/mol. The molecule has 0 spiro atoms. The first-order chi connectivity index (χ1) is 16.0. The van der Waals surface area contributed by atoms with Gasteiger partial charge in [0.05, 0.1) is 28.5 Å². The van der Waals surface area contributed by atoms with E-state index in [1.54, 1.807) is 32.1 Å². The minimum atomic E-state index is -0.759. The second-order valence-corrected chi connectivity index (χ2v) is 8.67. The number of nitrogens with zero attached hydrogens (tertiary/aromatic N) is 2. The zero-order chi connectivity index (χ0) is 23.1. The SMILES string of the molecule is CCOC(=O)C1=C(C)N=c2s/c(=C\c3cc4ccccc4[nH]3)c(=O)n2[C@H]1c1ccc(F)cc1. The lowest BCUT2D eigenvalue weighted by Crippen LogP contribution is -2.39. The minimum absolute atomic E-state index is 0.191. The number of H-pyrrole nitrogens is 1. The highest BCUT2D eigenvalue weighted by molar-refractivity contribution is 7.07. The van der Waals surface area contributed by atoms with E-state index in [4.69, 9.17) is 4.74 Å². The predicted octanol–water partition coefficient (Wildman–Crippen LogP) is 3.42. The van der Waals surface area contributed by atoms with Crippen molar-refractivity contribution in [3.05, 3.63) is 103 Å². The van der Waals surface area contributed by atoms with E-state index in [2.05, 4.69) is 9.98 Å². The molecule has 0 fully saturated rings. The fourth-order valence-corrected chi connectivity index (χ4v) is 5.10. The normalized spacial score (nSPS) is 16.1. The first-order valence-electron chi connectivity index (χ1n) is 10.5. The van der Waals surface area contributed by atoms with E-state index < -0.39 is 17.8 Å². The van der Waals surface area contributed by atoms with Crippen LogP contribution in [0.5, 0.6) is 0 Å². The van der Waals surface area contributed by atoms with Gasteiger partial charge >= 0.3 is 5.97 Å². The number of carbonyl (C=O) groups is 1. The molecule has 0 bridgehead atoms. The zero-order valence-electron chi connectivity index (χ0n) is 18.0. The lowest BCUT2D eigenvalue weighted by Gasteiger charge is -2.24. The summed E-state index contributed by atoms with van der Waals surface area (Å²) in [7, 11) is 0. The Morgan fingerprint density at radius 3 is 2.73 bits per heavy atom. The Hall–Kier alpha value is -3.78. The summed E-state index contributed by atoms with van der Waals surface area (Å²) in [6.45, 7) is 3.63. The molecule has 0 radical (unpaired) electrons. The van der Waals surface area contributed by atoms with Crippen LogP contribution in [0.25, 0.3) is 17.0 Å². The highest BCUT2D eigenvalue weighted by Crippen LogP contribution is 2.30. The molecule has 166 valence electrons. The summed E-state index contributed by atoms with van der Waals surface area (Å²) in [6.07, 6.45) is 1.79. The molecule has 1 atom stereocenters. The Balaban J connectivity index is 1.72. The maximum absolute atomic E-state index is 13.6. The number of para-hydroxylation sites is 1. The Bertz CT molecular complexity index is 1560. The number of nitrogens with one attached hydrogen (secondary N) is 1. The number of fused-ring (bicyclic) bond motifs is 2. The van der Waals surface area contributed by atoms with E-state index in [1.807, 2.05) is 30.3 Å². The molecule has 8 heteroatoms. The molecule has 4 aromatic rings. The van der Waals surface area contributed by atoms with Crippen molar-refractivity contribution in [2.75, 3.05) is 6.61 Å². The van der Waals surface area contributed by atoms with Gasteiger partial charge in [0.15, 0.2) is 4.80 Å². The van der Waals surface area contributed by atoms with Crippen LogP contribution in [-0.2, 0) is 9.53 Å². The summed E-state index contributed by atoms with van der Waals surface area (Å²) < 4.78 is 20.9. The topological polar surface area (TPSA) is 76.4 Å². The number of benzene rings is 2. The zero-order valence-corrected chi connectivity index (χ0v) is 18.8. The molecule has 2 aromatic carbocycles. The molecule has 0 saturated carbocycles. The van der Waals surface area contributed by atoms with Crippen LogP contribution in [0.2, 0.25) is 0 Å². The van der Waals surface area contributed by atoms with Gasteiger partial charge in [-0.1, -0.05) is 41.7 Å². The molecule has 33 heavy (non-hydrogen) atoms. The summed E-state index contributed by atoms with van der Waals surface area (Å²) in [5, 5.41) is 1.04. The van der Waals surface area contributed by atoms with Crippen molar-refractivity contribution in [3.8, 4) is 0 Å². The average molecular weight is 462 g/mol. The lowest BCUT2D eigenvalue weighted by molar-refractivity contribution is -0.139. The van der Waals surface area contributed by atoms with Crippen molar-refractivity contribution < 1.29 is 13.9 Å². The quantitative estimate of drug-likeness (QED) is 0.473. The lowest BCUT2D eigenvalue weighted by atomic mass is 9.96. The van der Waals surface area contributed by atoms with Gasteiger partial charge in [0.1, 0.15) is 5.82 Å². The van der Waals surface area contributed by atoms with Gasteiger partial charge in [-0.3, -0.25) is 9.36 Å². The van der Waals surface area contributed by atoms with Gasteiger partial charge in [-0.25, -0.2) is 14.2 Å². The summed E-state index contributed by atoms with van der Waals surface area (Å²) in [6, 6.07) is 14.9. The van der Waals surface area contributed by atoms with E-state index in [0.717, 1.165) is 16.6 Å². The second kappa shape index (κ2) is 8.29. The number of esters is 1. The van der Waals surface area contributed by atoms with Gasteiger partial charge in [0.25, 0.3) is 5.56 Å². The molecule has 0 saturated heterocycles. The average Bonchev–Trinajstić information content (AvgIpc) is 3.34. The minimum Gasteiger partial charge on any atom is -0.463 e. The number of aromatic nitrogens is 2. The number of halogens is 1. The summed E-state index contributed by atoms with van der Waals surface area (Å²) in [4.78, 5) is 34.7. The first-order valence-corrected chi connectivity index (χ1v) is 11.3. The second-order valence-electron chi connectivity index (χ2n) is 7.67. The molecule has 6 nitrogen and oxygen atoms in total. The van der Waals surface area contributed by atoms with Crippen molar-refractivity contribution in [3.63, 3.8) is 0 Å². The number of thiazole rings is 1. The number of carbonyl (C=O) groups excluding carboxylic acids is 1. The number of rotatable bonds is 4. The summed E-state index contributed by atoms with van der Waals surface area (Å²) in [5.41, 5.74) is 2.84. The van der Waals surface area contributed by atoms with E-state index in [-0.39, 0.29) is 17.7 Å². The van der Waals surface area contributed by atoms with E-state index >= 15 is 0 Å². The summed E-state index contributed by atoms with van der Waals surface area (Å²) >= 11 is 1.25. The van der Waals surface area contributed by atoms with Crippen molar-refractivity contribution in [1.29, 1.82) is 0 Å². The monoisotopic (exact) mass is 461 g/mol. The van der Waals surface area contributed by atoms with E-state index in [1.165, 1.54) is 28.0 Å². The van der Waals surface area contributed by atoms with E-state index in [9.17, 15) is 14.0 Å². The molecule has 5 rings (SSSR count). The fraction of sp³-hybridized carbons (Fsp3) is 0.160. The van der Waals surface area contributed by atoms with Gasteiger partial charge in [-0.2, -0.15) is 0 Å². The Morgan fingerprint density at radius 1 is 1.24 bits per heavy atom. The van der Waals surface area contributed by atoms with Crippen molar-refractivity contribution in [1.82, 2.24) is 9.55 Å². The molecule has 1 N–H and O–H groups in total.